The maximum atomic E-state index is 9.59. The molecule has 3 N–H and O–H groups in total. The molecule has 8 nitrogen and oxygen atoms in total. The molecule has 0 aliphatic heterocycles. The summed E-state index contributed by atoms with van der Waals surface area (Å²) in [5, 5.41) is 31.9. The summed E-state index contributed by atoms with van der Waals surface area (Å²) in [5.41, 5.74) is 4.17. The smallest absolute Gasteiger partial charge is 0.741 e. The first-order valence-corrected chi connectivity index (χ1v) is 7.59. The first kappa shape index (κ1) is 23.0. The molecule has 0 aliphatic carbocycles. The second-order valence-corrected chi connectivity index (χ2v) is 5.13. The first-order chi connectivity index (χ1) is 11.4. The average Bonchev–Trinajstić information content (AvgIpc) is 2.58. The van der Waals surface area contributed by atoms with Crippen LogP contribution < -0.4 is 10.7 Å². The van der Waals surface area contributed by atoms with Gasteiger partial charge in [-0.05, 0) is 31.1 Å². The quantitative estimate of drug-likeness (QED) is 0.214. The van der Waals surface area contributed by atoms with Crippen LogP contribution in [0.1, 0.15) is 19.4 Å². The largest absolute Gasteiger partial charge is 2.00 e. The van der Waals surface area contributed by atoms with E-state index in [1.54, 1.807) is 45.2 Å². The van der Waals surface area contributed by atoms with E-state index in [2.05, 4.69) is 36.2 Å². The van der Waals surface area contributed by atoms with Gasteiger partial charge in [0.05, 0.1) is 17.6 Å². The number of amidine groups is 2. The van der Waals surface area contributed by atoms with Gasteiger partial charge in [0.25, 0.3) is 0 Å². The van der Waals surface area contributed by atoms with Crippen LogP contribution in [-0.4, -0.2) is 40.1 Å². The number of hydrogen-bond acceptors (Lipinski definition) is 8. The Bertz CT molecular complexity index is 717. The molecule has 0 spiro atoms. The molecule has 0 amide bonds. The van der Waals surface area contributed by atoms with Crippen molar-refractivity contribution in [1.82, 2.24) is 10.7 Å². The van der Waals surface area contributed by atoms with Gasteiger partial charge >= 0.3 is 19.5 Å². The molecule has 1 aromatic carbocycles. The van der Waals surface area contributed by atoms with Gasteiger partial charge in [-0.1, -0.05) is 12.1 Å². The molecule has 1 aromatic rings. The molecule has 11 heteroatoms. The van der Waals surface area contributed by atoms with Crippen molar-refractivity contribution in [2.45, 2.75) is 13.8 Å². The Morgan fingerprint density at radius 1 is 1.00 bits per heavy atom. The Morgan fingerprint density at radius 3 is 2.12 bits per heavy atom. The minimum Gasteiger partial charge on any atom is -0.741 e. The summed E-state index contributed by atoms with van der Waals surface area (Å²) in [4.78, 5) is 0. The van der Waals surface area contributed by atoms with Crippen molar-refractivity contribution < 1.29 is 24.6 Å². The van der Waals surface area contributed by atoms with E-state index in [4.69, 9.17) is 25.3 Å². The molecule has 0 radical (unpaired) electrons. The van der Waals surface area contributed by atoms with E-state index in [1.165, 1.54) is 6.21 Å². The minimum atomic E-state index is 0. The third-order valence-corrected chi connectivity index (χ3v) is 3.08. The van der Waals surface area contributed by atoms with Crippen molar-refractivity contribution in [1.29, 1.82) is 0 Å². The molecular formula is C14H17N7OS2Zn. The molecule has 0 fully saturated rings. The maximum Gasteiger partial charge on any atom is 2.00 e. The summed E-state index contributed by atoms with van der Waals surface area (Å²) < 4.78 is 0. The molecule has 0 aromatic heterocycles. The maximum absolute atomic E-state index is 9.59. The molecule has 0 atom stereocenters. The number of phenols is 1. The topological polar surface area (TPSA) is 106 Å². The minimum absolute atomic E-state index is 0. The first-order valence-electron chi connectivity index (χ1n) is 6.77. The van der Waals surface area contributed by atoms with E-state index in [-0.39, 0.29) is 35.6 Å². The van der Waals surface area contributed by atoms with Crippen LogP contribution in [-0.2, 0) is 44.7 Å². The number of nitrogens with zero attached hydrogens (tertiary/aromatic N) is 5. The number of benzene rings is 1. The summed E-state index contributed by atoms with van der Waals surface area (Å²) in [6.45, 7) is 3.44. The molecule has 0 saturated carbocycles. The van der Waals surface area contributed by atoms with E-state index in [1.807, 2.05) is 0 Å². The van der Waals surface area contributed by atoms with E-state index in [0.717, 1.165) is 0 Å². The van der Waals surface area contributed by atoms with Crippen LogP contribution in [0.2, 0.25) is 0 Å². The van der Waals surface area contributed by atoms with Crippen molar-refractivity contribution in [3.63, 3.8) is 0 Å². The number of hydrazone groups is 1. The van der Waals surface area contributed by atoms with Crippen LogP contribution in [0.15, 0.2) is 49.8 Å². The third kappa shape index (κ3) is 9.18. The predicted molar refractivity (Wildman–Crippen MR) is 104 cm³/mol. The van der Waals surface area contributed by atoms with Crippen molar-refractivity contribution in [2.24, 2.45) is 25.5 Å². The van der Waals surface area contributed by atoms with Crippen LogP contribution in [0.5, 0.6) is 5.75 Å². The third-order valence-electron chi connectivity index (χ3n) is 2.62. The van der Waals surface area contributed by atoms with E-state index in [0.29, 0.717) is 17.0 Å². The molecule has 0 aliphatic rings. The van der Waals surface area contributed by atoms with Gasteiger partial charge in [0, 0.05) is 17.8 Å². The van der Waals surface area contributed by atoms with Gasteiger partial charge in [0.1, 0.15) is 5.75 Å². The summed E-state index contributed by atoms with van der Waals surface area (Å²) in [6, 6.07) is 6.77. The molecule has 0 bridgehead atoms. The summed E-state index contributed by atoms with van der Waals surface area (Å²) in [5.74, 6) is 0.120. The molecule has 0 saturated heterocycles. The number of aromatic hydroxyl groups is 1. The monoisotopic (exact) mass is 427 g/mol. The van der Waals surface area contributed by atoms with Crippen molar-refractivity contribution >= 4 is 53.2 Å². The zero-order valence-electron chi connectivity index (χ0n) is 14.1. The Labute approximate surface area is 170 Å². The standard InChI is InChI=1S/C14H19N7OS2.Zn/c1-9(17-20-13(23)15-3)10(2)18-21-14(24)19-16-8-11-6-4-5-7-12(11)22;/h4-8,22H,1-3H3,(H2,15,20,23)(H2,19,21,24);/q;+2/p-2/b16-8+,17-9+,18-10+;. The summed E-state index contributed by atoms with van der Waals surface area (Å²) in [7, 11) is 1.66. The summed E-state index contributed by atoms with van der Waals surface area (Å²) in [6.07, 6.45) is 1.43. The zero-order valence-corrected chi connectivity index (χ0v) is 18.7. The molecule has 25 heavy (non-hydrogen) atoms. The molecule has 0 unspecified atom stereocenters. The zero-order chi connectivity index (χ0) is 17.9. The normalized spacial score (nSPS) is 13.6. The van der Waals surface area contributed by atoms with Gasteiger partial charge in [-0.2, -0.15) is 25.5 Å². The Hall–Kier alpha value is -1.97. The number of hydrogen-bond donors (Lipinski definition) is 3. The van der Waals surface area contributed by atoms with E-state index in [9.17, 15) is 5.11 Å². The van der Waals surface area contributed by atoms with Gasteiger partial charge in [-0.25, -0.2) is 0 Å². The number of nitrogens with one attached hydrogen (secondary N) is 2. The van der Waals surface area contributed by atoms with Crippen molar-refractivity contribution in [2.75, 3.05) is 7.05 Å². The van der Waals surface area contributed by atoms with Crippen LogP contribution in [0.3, 0.4) is 0 Å². The Balaban J connectivity index is 0.00000576. The molecule has 1 rings (SSSR count). The van der Waals surface area contributed by atoms with E-state index >= 15 is 0 Å². The number of para-hydroxylation sites is 1. The number of phenolic OH excluding ortho intramolecular Hbond substituents is 1. The summed E-state index contributed by atoms with van der Waals surface area (Å²) >= 11 is 9.83. The van der Waals surface area contributed by atoms with Gasteiger partial charge in [-0.15, -0.1) is 0 Å². The van der Waals surface area contributed by atoms with Crippen LogP contribution in [0, 0.1) is 0 Å². The Morgan fingerprint density at radius 2 is 1.56 bits per heavy atom. The van der Waals surface area contributed by atoms with Crippen LogP contribution in [0.25, 0.3) is 0 Å². The average molecular weight is 429 g/mol. The Kier molecular flexibility index (Phi) is 11.4. The second-order valence-electron chi connectivity index (χ2n) is 4.36. The van der Waals surface area contributed by atoms with Gasteiger partial charge < -0.3 is 35.7 Å². The fraction of sp³-hybridized carbons (Fsp3) is 0.214. The van der Waals surface area contributed by atoms with Gasteiger partial charge in [-0.3, -0.25) is 5.43 Å². The second kappa shape index (κ2) is 12.4. The van der Waals surface area contributed by atoms with E-state index < -0.39 is 0 Å². The predicted octanol–water partition coefficient (Wildman–Crippen LogP) is 1.09. The molecule has 0 heterocycles. The number of rotatable bonds is 5. The fourth-order valence-electron chi connectivity index (χ4n) is 1.21. The van der Waals surface area contributed by atoms with Crippen LogP contribution >= 0.6 is 0 Å². The molecular weight excluding hydrogens is 412 g/mol. The van der Waals surface area contributed by atoms with Crippen molar-refractivity contribution in [3.8, 4) is 5.75 Å². The van der Waals surface area contributed by atoms with Crippen molar-refractivity contribution in [3.05, 3.63) is 29.8 Å². The fourth-order valence-corrected chi connectivity index (χ4v) is 1.35. The van der Waals surface area contributed by atoms with Gasteiger partial charge in [0.15, 0.2) is 0 Å². The SMILES string of the molecule is CN/C([S-])=N/N=C(C)/C(C)=N/N=C(\[S-])N/N=C/c1ccccc1O.[Zn+2]. The van der Waals surface area contributed by atoms with Gasteiger partial charge in [0.2, 0.25) is 0 Å². The van der Waals surface area contributed by atoms with Crippen LogP contribution in [0.4, 0.5) is 0 Å². The molecule has 128 valence electrons.